The smallest absolute Gasteiger partial charge is 0.133 e. The Morgan fingerprint density at radius 3 is 2.64 bits per heavy atom. The summed E-state index contributed by atoms with van der Waals surface area (Å²) in [6.45, 7) is 4.49. The highest BCUT2D eigenvalue weighted by molar-refractivity contribution is 5.79. The van der Waals surface area contributed by atoms with Crippen LogP contribution in [0.5, 0.6) is 0 Å². The lowest BCUT2D eigenvalue weighted by Gasteiger charge is -2.55. The summed E-state index contributed by atoms with van der Waals surface area (Å²) in [5.41, 5.74) is 0.382. The second kappa shape index (κ2) is 5.33. The number of aliphatic hydroxyl groups is 1. The van der Waals surface area contributed by atoms with Gasteiger partial charge >= 0.3 is 0 Å². The number of aliphatic hydroxyl groups excluding tert-OH is 1. The van der Waals surface area contributed by atoms with Crippen LogP contribution in [0.2, 0.25) is 0 Å². The number of rotatable bonds is 1. The molecule has 0 aromatic carbocycles. The average Bonchev–Trinajstić information content (AvgIpc) is 2.84. The summed E-state index contributed by atoms with van der Waals surface area (Å²) in [4.78, 5) is 11.8. The van der Waals surface area contributed by atoms with Crippen LogP contribution in [0.25, 0.3) is 0 Å². The van der Waals surface area contributed by atoms with Gasteiger partial charge in [0.2, 0.25) is 0 Å². The first kappa shape index (κ1) is 15.2. The normalized spacial score (nSPS) is 52.6. The van der Waals surface area contributed by atoms with Crippen molar-refractivity contribution in [3.05, 3.63) is 0 Å². The van der Waals surface area contributed by atoms with Crippen LogP contribution in [-0.2, 0) is 4.79 Å². The van der Waals surface area contributed by atoms with Crippen LogP contribution in [0.3, 0.4) is 0 Å². The van der Waals surface area contributed by atoms with Crippen LogP contribution in [-0.4, -0.2) is 17.0 Å². The molecule has 0 amide bonds. The van der Waals surface area contributed by atoms with Crippen molar-refractivity contribution in [2.75, 3.05) is 0 Å². The minimum atomic E-state index is -0.143. The lowest BCUT2D eigenvalue weighted by molar-refractivity contribution is -0.128. The fourth-order valence-corrected chi connectivity index (χ4v) is 7.49. The van der Waals surface area contributed by atoms with E-state index in [1.807, 2.05) is 6.92 Å². The van der Waals surface area contributed by atoms with Gasteiger partial charge in [0.15, 0.2) is 0 Å². The van der Waals surface area contributed by atoms with Gasteiger partial charge in [0, 0.05) is 12.8 Å². The molecule has 124 valence electrons. The van der Waals surface area contributed by atoms with Gasteiger partial charge < -0.3 is 5.11 Å². The molecular weight excluding hydrogens is 272 g/mol. The Labute approximate surface area is 135 Å². The first-order chi connectivity index (χ1) is 10.5. The Hall–Kier alpha value is -0.370. The minimum absolute atomic E-state index is 0.143. The molecule has 0 aliphatic heterocycles. The van der Waals surface area contributed by atoms with E-state index in [2.05, 4.69) is 6.92 Å². The summed E-state index contributed by atoms with van der Waals surface area (Å²) in [5, 5.41) is 10.2. The zero-order valence-electron chi connectivity index (χ0n) is 14.3. The van der Waals surface area contributed by atoms with Crippen LogP contribution in [0, 0.1) is 40.9 Å². The van der Waals surface area contributed by atoms with Gasteiger partial charge in [0.05, 0.1) is 6.10 Å². The molecule has 2 heteroatoms. The molecule has 0 aromatic rings. The predicted octanol–water partition coefficient (Wildman–Crippen LogP) is 4.21. The lowest BCUT2D eigenvalue weighted by atomic mass is 9.49. The number of hydrogen-bond acceptors (Lipinski definition) is 2. The van der Waals surface area contributed by atoms with Gasteiger partial charge in [-0.05, 0) is 92.8 Å². The molecule has 8 atom stereocenters. The maximum atomic E-state index is 11.8. The van der Waals surface area contributed by atoms with Crippen molar-refractivity contribution >= 4 is 5.78 Å². The minimum Gasteiger partial charge on any atom is -0.393 e. The zero-order chi connectivity index (χ0) is 15.5. The summed E-state index contributed by atoms with van der Waals surface area (Å²) in [6, 6.07) is 0. The maximum Gasteiger partial charge on any atom is 0.133 e. The molecule has 4 rings (SSSR count). The van der Waals surface area contributed by atoms with Crippen molar-refractivity contribution in [2.45, 2.75) is 77.7 Å². The Bertz CT molecular complexity index is 457. The summed E-state index contributed by atoms with van der Waals surface area (Å²) >= 11 is 0. The van der Waals surface area contributed by atoms with Gasteiger partial charge in [-0.1, -0.05) is 6.92 Å². The first-order valence-corrected chi connectivity index (χ1v) is 9.70. The molecule has 2 nitrogen and oxygen atoms in total. The van der Waals surface area contributed by atoms with Crippen LogP contribution < -0.4 is 0 Å². The van der Waals surface area contributed by atoms with E-state index in [4.69, 9.17) is 0 Å². The molecule has 0 aromatic heterocycles. The van der Waals surface area contributed by atoms with E-state index in [1.54, 1.807) is 0 Å². The van der Waals surface area contributed by atoms with Crippen LogP contribution >= 0.6 is 0 Å². The van der Waals surface area contributed by atoms with E-state index < -0.39 is 0 Å². The molecule has 4 saturated carbocycles. The Kier molecular flexibility index (Phi) is 3.67. The second-order valence-corrected chi connectivity index (χ2v) is 9.19. The molecule has 0 spiro atoms. The largest absolute Gasteiger partial charge is 0.393 e. The molecule has 0 bridgehead atoms. The SMILES string of the molecule is CC(O)[C@H]1CC[C@H]2[C@@H]3CC[C@H]4CC(=O)CC[C@@H]4[C@H]3CC[C@]12C. The van der Waals surface area contributed by atoms with Crippen molar-refractivity contribution in [1.29, 1.82) is 0 Å². The molecule has 0 radical (unpaired) electrons. The highest BCUT2D eigenvalue weighted by Gasteiger charge is 2.57. The monoisotopic (exact) mass is 304 g/mol. The molecule has 4 fully saturated rings. The summed E-state index contributed by atoms with van der Waals surface area (Å²) < 4.78 is 0. The fraction of sp³-hybridized carbons (Fsp3) is 0.950. The number of carbonyl (C=O) groups is 1. The van der Waals surface area contributed by atoms with E-state index in [0.29, 0.717) is 23.0 Å². The number of fused-ring (bicyclic) bond motifs is 5. The van der Waals surface area contributed by atoms with Crippen molar-refractivity contribution in [2.24, 2.45) is 40.9 Å². The van der Waals surface area contributed by atoms with Gasteiger partial charge in [-0.15, -0.1) is 0 Å². The second-order valence-electron chi connectivity index (χ2n) is 9.19. The summed E-state index contributed by atoms with van der Waals surface area (Å²) in [5.74, 6) is 5.20. The number of hydrogen-bond donors (Lipinski definition) is 1. The van der Waals surface area contributed by atoms with E-state index in [0.717, 1.165) is 36.5 Å². The third-order valence-electron chi connectivity index (χ3n) is 8.42. The average molecular weight is 304 g/mol. The first-order valence-electron chi connectivity index (χ1n) is 9.70. The third-order valence-corrected chi connectivity index (χ3v) is 8.42. The van der Waals surface area contributed by atoms with Crippen LogP contribution in [0.1, 0.15) is 71.6 Å². The molecule has 4 aliphatic rings. The predicted molar refractivity (Wildman–Crippen MR) is 87.3 cm³/mol. The van der Waals surface area contributed by atoms with E-state index in [-0.39, 0.29) is 6.10 Å². The van der Waals surface area contributed by atoms with Crippen molar-refractivity contribution < 1.29 is 9.90 Å². The number of ketones is 1. The highest BCUT2D eigenvalue weighted by Crippen LogP contribution is 2.64. The van der Waals surface area contributed by atoms with E-state index in [9.17, 15) is 9.90 Å². The molecule has 1 unspecified atom stereocenters. The van der Waals surface area contributed by atoms with Crippen molar-refractivity contribution in [1.82, 2.24) is 0 Å². The van der Waals surface area contributed by atoms with Crippen molar-refractivity contribution in [3.63, 3.8) is 0 Å². The van der Waals surface area contributed by atoms with Gasteiger partial charge in [0.1, 0.15) is 5.78 Å². The Balaban J connectivity index is 1.56. The molecule has 0 saturated heterocycles. The van der Waals surface area contributed by atoms with Crippen molar-refractivity contribution in [3.8, 4) is 0 Å². The van der Waals surface area contributed by atoms with E-state index in [1.165, 1.54) is 44.9 Å². The maximum absolute atomic E-state index is 11.8. The lowest BCUT2D eigenvalue weighted by Crippen LogP contribution is -2.49. The highest BCUT2D eigenvalue weighted by atomic mass is 16.3. The molecule has 1 N–H and O–H groups in total. The number of carbonyl (C=O) groups excluding carboxylic acids is 1. The number of Topliss-reactive ketones (excluding diaryl/α,β-unsaturated/α-hetero) is 1. The molecular formula is C20H32O2. The van der Waals surface area contributed by atoms with E-state index >= 15 is 0 Å². The van der Waals surface area contributed by atoms with Crippen LogP contribution in [0.4, 0.5) is 0 Å². The van der Waals surface area contributed by atoms with Gasteiger partial charge in [-0.25, -0.2) is 0 Å². The van der Waals surface area contributed by atoms with Gasteiger partial charge in [-0.2, -0.15) is 0 Å². The quantitative estimate of drug-likeness (QED) is 0.788. The fourth-order valence-electron chi connectivity index (χ4n) is 7.49. The topological polar surface area (TPSA) is 37.3 Å². The molecule has 22 heavy (non-hydrogen) atoms. The Morgan fingerprint density at radius 1 is 1.05 bits per heavy atom. The molecule has 0 heterocycles. The summed E-state index contributed by atoms with van der Waals surface area (Å²) in [7, 11) is 0. The van der Waals surface area contributed by atoms with Crippen LogP contribution in [0.15, 0.2) is 0 Å². The standard InChI is InChI=1S/C20H32O2/c1-12(21)18-7-8-19-17-5-3-13-11-14(22)4-6-15(13)16(17)9-10-20(18,19)2/h12-13,15-19,21H,3-11H2,1-2H3/t12?,13-,15-,16+,17+,18+,19-,20+/m0/s1. The summed E-state index contributed by atoms with van der Waals surface area (Å²) in [6.07, 6.45) is 10.6. The van der Waals surface area contributed by atoms with Gasteiger partial charge in [0.25, 0.3) is 0 Å². The third kappa shape index (κ3) is 2.12. The Morgan fingerprint density at radius 2 is 1.86 bits per heavy atom. The molecule has 4 aliphatic carbocycles. The zero-order valence-corrected chi connectivity index (χ0v) is 14.3. The van der Waals surface area contributed by atoms with Gasteiger partial charge in [-0.3, -0.25) is 4.79 Å².